The average molecular weight is 350 g/mol. The summed E-state index contributed by atoms with van der Waals surface area (Å²) in [5.74, 6) is 0.0558. The molecule has 7 heteroatoms. The van der Waals surface area contributed by atoms with Crippen LogP contribution in [0.3, 0.4) is 0 Å². The smallest absolute Gasteiger partial charge is 0.414 e. The number of anilines is 1. The van der Waals surface area contributed by atoms with Gasteiger partial charge < -0.3 is 14.8 Å². The second kappa shape index (κ2) is 7.00. The number of carbonyl (C=O) groups is 2. The first-order valence-corrected chi connectivity index (χ1v) is 8.54. The highest BCUT2D eigenvalue weighted by Gasteiger charge is 2.31. The highest BCUT2D eigenvalue weighted by atomic mass is 19.1. The number of nitrogens with zero attached hydrogens (tertiary/aromatic N) is 1. The molecule has 2 aliphatic heterocycles. The van der Waals surface area contributed by atoms with Crippen LogP contribution in [0.4, 0.5) is 14.9 Å². The van der Waals surface area contributed by atoms with Crippen molar-refractivity contribution < 1.29 is 23.5 Å². The van der Waals surface area contributed by atoms with E-state index in [1.165, 1.54) is 11.0 Å². The number of carbonyl (C=O) groups excluding carboxylic acids is 2. The molecule has 136 valence electrons. The Morgan fingerprint density at radius 1 is 1.36 bits per heavy atom. The van der Waals surface area contributed by atoms with Crippen LogP contribution in [0.5, 0.6) is 5.75 Å². The monoisotopic (exact) mass is 350 g/mol. The molecule has 0 unspecified atom stereocenters. The molecule has 1 saturated heterocycles. The van der Waals surface area contributed by atoms with Crippen molar-refractivity contribution in [3.8, 4) is 5.75 Å². The quantitative estimate of drug-likeness (QED) is 0.904. The summed E-state index contributed by atoms with van der Waals surface area (Å²) in [5.41, 5.74) is 0.822. The molecular formula is C18H23FN2O4. The summed E-state index contributed by atoms with van der Waals surface area (Å²) < 4.78 is 25.4. The molecule has 1 aromatic rings. The number of ether oxygens (including phenoxy) is 2. The van der Waals surface area contributed by atoms with Gasteiger partial charge in [-0.2, -0.15) is 0 Å². The van der Waals surface area contributed by atoms with Gasteiger partial charge in [0.25, 0.3) is 0 Å². The van der Waals surface area contributed by atoms with Crippen molar-refractivity contribution in [3.05, 3.63) is 23.5 Å². The number of Topliss-reactive ketones (excluding diaryl/α,β-unsaturated/α-hetero) is 1. The van der Waals surface area contributed by atoms with Gasteiger partial charge >= 0.3 is 6.09 Å². The van der Waals surface area contributed by atoms with Crippen LogP contribution in [0.2, 0.25) is 0 Å². The maximum atomic E-state index is 14.6. The standard InChI is InChI=1S/C18H23FN2O4/c1-10(2)21-17-12(8-25-18(21)23)5-15(7-16(17)19)24-9-13-6-14(22)4-11(3)20-13/h5,7,10-11,13,20H,4,6,8-9H2,1-3H3/t11-,13-/m0/s1. The maximum absolute atomic E-state index is 14.6. The maximum Gasteiger partial charge on any atom is 0.414 e. The Morgan fingerprint density at radius 2 is 2.12 bits per heavy atom. The minimum absolute atomic E-state index is 0.0166. The van der Waals surface area contributed by atoms with Gasteiger partial charge in [0.1, 0.15) is 24.7 Å². The van der Waals surface area contributed by atoms with Crippen molar-refractivity contribution in [1.82, 2.24) is 5.32 Å². The SMILES string of the molecule is CC(C)N1C(=O)OCc2cc(OC[C@@H]3CC(=O)C[C@H](C)N3)cc(F)c21. The van der Waals surface area contributed by atoms with Gasteiger partial charge in [-0.25, -0.2) is 9.18 Å². The van der Waals surface area contributed by atoms with Crippen LogP contribution < -0.4 is 15.0 Å². The normalized spacial score (nSPS) is 23.5. The molecule has 2 atom stereocenters. The lowest BCUT2D eigenvalue weighted by Crippen LogP contribution is -2.47. The first kappa shape index (κ1) is 17.7. The summed E-state index contributed by atoms with van der Waals surface area (Å²) in [6.45, 7) is 5.85. The number of ketones is 1. The predicted octanol–water partition coefficient (Wildman–Crippen LogP) is 2.78. The summed E-state index contributed by atoms with van der Waals surface area (Å²) in [4.78, 5) is 24.9. The molecular weight excluding hydrogens is 327 g/mol. The number of amides is 1. The molecule has 2 aliphatic rings. The fourth-order valence-corrected chi connectivity index (χ4v) is 3.38. The van der Waals surface area contributed by atoms with Crippen LogP contribution >= 0.6 is 0 Å². The molecule has 25 heavy (non-hydrogen) atoms. The van der Waals surface area contributed by atoms with E-state index in [0.717, 1.165) is 0 Å². The average Bonchev–Trinajstić information content (AvgIpc) is 2.52. The van der Waals surface area contributed by atoms with Crippen LogP contribution in [-0.2, 0) is 16.1 Å². The van der Waals surface area contributed by atoms with E-state index in [9.17, 15) is 14.0 Å². The van der Waals surface area contributed by atoms with Gasteiger partial charge in [0, 0.05) is 42.6 Å². The lowest BCUT2D eigenvalue weighted by molar-refractivity contribution is -0.121. The van der Waals surface area contributed by atoms with Crippen molar-refractivity contribution >= 4 is 17.6 Å². The molecule has 1 amide bonds. The molecule has 3 rings (SSSR count). The zero-order valence-electron chi connectivity index (χ0n) is 14.7. The van der Waals surface area contributed by atoms with Gasteiger partial charge in [0.05, 0.1) is 5.69 Å². The van der Waals surface area contributed by atoms with Crippen molar-refractivity contribution in [2.24, 2.45) is 0 Å². The Kier molecular flexibility index (Phi) is 4.94. The zero-order valence-corrected chi connectivity index (χ0v) is 14.7. The number of benzene rings is 1. The van der Waals surface area contributed by atoms with Crippen molar-refractivity contribution in [2.75, 3.05) is 11.5 Å². The first-order valence-electron chi connectivity index (χ1n) is 8.54. The van der Waals surface area contributed by atoms with E-state index in [0.29, 0.717) is 24.2 Å². The number of hydrogen-bond donors (Lipinski definition) is 1. The first-order chi connectivity index (χ1) is 11.8. The summed E-state index contributed by atoms with van der Waals surface area (Å²) in [5, 5.41) is 3.30. The molecule has 1 fully saturated rings. The molecule has 2 heterocycles. The lowest BCUT2D eigenvalue weighted by Gasteiger charge is -2.32. The van der Waals surface area contributed by atoms with Gasteiger partial charge in [-0.3, -0.25) is 9.69 Å². The van der Waals surface area contributed by atoms with Crippen molar-refractivity contribution in [2.45, 2.75) is 58.3 Å². The van der Waals surface area contributed by atoms with Crippen molar-refractivity contribution in [1.29, 1.82) is 0 Å². The number of cyclic esters (lactones) is 1. The largest absolute Gasteiger partial charge is 0.492 e. The minimum Gasteiger partial charge on any atom is -0.492 e. The highest BCUT2D eigenvalue weighted by molar-refractivity contribution is 5.91. The third-order valence-electron chi connectivity index (χ3n) is 4.40. The summed E-state index contributed by atoms with van der Waals surface area (Å²) in [6, 6.07) is 2.79. The van der Waals surface area contributed by atoms with E-state index in [-0.39, 0.29) is 42.8 Å². The zero-order chi connectivity index (χ0) is 18.1. The van der Waals surface area contributed by atoms with Crippen molar-refractivity contribution in [3.63, 3.8) is 0 Å². The number of rotatable bonds is 4. The molecule has 6 nitrogen and oxygen atoms in total. The molecule has 1 N–H and O–H groups in total. The van der Waals surface area contributed by atoms with E-state index in [1.54, 1.807) is 19.9 Å². The predicted molar refractivity (Wildman–Crippen MR) is 90.3 cm³/mol. The second-order valence-corrected chi connectivity index (χ2v) is 6.95. The number of fused-ring (bicyclic) bond motifs is 1. The van der Waals surface area contributed by atoms with Gasteiger partial charge in [-0.15, -0.1) is 0 Å². The van der Waals surface area contributed by atoms with Crippen LogP contribution in [0, 0.1) is 5.82 Å². The van der Waals surface area contributed by atoms with Crippen LogP contribution in [0.25, 0.3) is 0 Å². The van der Waals surface area contributed by atoms with E-state index < -0.39 is 11.9 Å². The number of piperidine rings is 1. The fraction of sp³-hybridized carbons (Fsp3) is 0.556. The number of halogens is 1. The topological polar surface area (TPSA) is 67.9 Å². The molecule has 0 aromatic heterocycles. The number of hydrogen-bond acceptors (Lipinski definition) is 5. The minimum atomic E-state index is -0.547. The van der Waals surface area contributed by atoms with E-state index in [1.807, 2.05) is 6.92 Å². The fourth-order valence-electron chi connectivity index (χ4n) is 3.38. The Hall–Kier alpha value is -2.15. The molecule has 0 bridgehead atoms. The molecule has 0 spiro atoms. The summed E-state index contributed by atoms with van der Waals surface area (Å²) in [7, 11) is 0. The van der Waals surface area contributed by atoms with E-state index in [2.05, 4.69) is 5.32 Å². The highest BCUT2D eigenvalue weighted by Crippen LogP contribution is 2.35. The lowest BCUT2D eigenvalue weighted by atomic mass is 9.99. The van der Waals surface area contributed by atoms with Crippen LogP contribution in [0.15, 0.2) is 12.1 Å². The Bertz CT molecular complexity index is 692. The Morgan fingerprint density at radius 3 is 2.80 bits per heavy atom. The van der Waals surface area contributed by atoms with Gasteiger partial charge in [-0.05, 0) is 26.8 Å². The van der Waals surface area contributed by atoms with Gasteiger partial charge in [-0.1, -0.05) is 0 Å². The summed E-state index contributed by atoms with van der Waals surface area (Å²) in [6.07, 6.45) is 0.394. The molecule has 0 radical (unpaired) electrons. The third-order valence-corrected chi connectivity index (χ3v) is 4.40. The van der Waals surface area contributed by atoms with Crippen LogP contribution in [-0.4, -0.2) is 36.6 Å². The summed E-state index contributed by atoms with van der Waals surface area (Å²) >= 11 is 0. The van der Waals surface area contributed by atoms with Gasteiger partial charge in [0.2, 0.25) is 0 Å². The number of nitrogens with one attached hydrogen (secondary N) is 1. The molecule has 0 saturated carbocycles. The van der Waals surface area contributed by atoms with Gasteiger partial charge in [0.15, 0.2) is 5.82 Å². The molecule has 0 aliphatic carbocycles. The second-order valence-electron chi connectivity index (χ2n) is 6.95. The molecule has 1 aromatic carbocycles. The Labute approximate surface area is 146 Å². The van der Waals surface area contributed by atoms with E-state index in [4.69, 9.17) is 9.47 Å². The van der Waals surface area contributed by atoms with E-state index >= 15 is 0 Å². The van der Waals surface area contributed by atoms with Crippen LogP contribution in [0.1, 0.15) is 39.2 Å². The Balaban J connectivity index is 1.75. The third kappa shape index (κ3) is 3.76.